The molecular weight excluding hydrogens is 376 g/mol. The van der Waals surface area contributed by atoms with Crippen molar-refractivity contribution < 1.29 is 23.9 Å². The molecule has 8 nitrogen and oxygen atoms in total. The van der Waals surface area contributed by atoms with E-state index in [-0.39, 0.29) is 24.1 Å². The highest BCUT2D eigenvalue weighted by atomic mass is 16.7. The number of allylic oxidation sites excluding steroid dienone is 2. The van der Waals surface area contributed by atoms with Crippen molar-refractivity contribution in [1.82, 2.24) is 0 Å². The van der Waals surface area contributed by atoms with E-state index < -0.39 is 10.9 Å². The van der Waals surface area contributed by atoms with Gasteiger partial charge in [0.15, 0.2) is 17.2 Å². The van der Waals surface area contributed by atoms with Gasteiger partial charge in [-0.05, 0) is 49.3 Å². The predicted octanol–water partition coefficient (Wildman–Crippen LogP) is 3.92. The number of nitro groups is 1. The number of carbonyl (C=O) groups is 1. The quantitative estimate of drug-likeness (QED) is 0.338. The zero-order valence-electron chi connectivity index (χ0n) is 15.7. The fraction of sp³-hybridized carbons (Fsp3) is 0.143. The molecule has 0 aromatic heterocycles. The van der Waals surface area contributed by atoms with Crippen molar-refractivity contribution in [2.75, 3.05) is 6.79 Å². The van der Waals surface area contributed by atoms with Crippen LogP contribution in [0.4, 0.5) is 5.69 Å². The second kappa shape index (κ2) is 7.23. The number of hydrogen-bond acceptors (Lipinski definition) is 7. The van der Waals surface area contributed by atoms with Gasteiger partial charge >= 0.3 is 5.97 Å². The molecule has 2 aliphatic rings. The summed E-state index contributed by atoms with van der Waals surface area (Å²) in [6.45, 7) is 3.67. The van der Waals surface area contributed by atoms with Crippen LogP contribution < -0.4 is 9.47 Å². The third-order valence-corrected chi connectivity index (χ3v) is 4.43. The molecule has 2 aromatic carbocycles. The van der Waals surface area contributed by atoms with E-state index in [4.69, 9.17) is 14.2 Å². The Morgan fingerprint density at radius 3 is 2.76 bits per heavy atom. The lowest BCUT2D eigenvalue weighted by Gasteiger charge is -2.01. The highest BCUT2D eigenvalue weighted by Gasteiger charge is 2.25. The molecule has 4 rings (SSSR count). The first-order chi connectivity index (χ1) is 13.9. The van der Waals surface area contributed by atoms with Crippen molar-refractivity contribution in [3.8, 4) is 11.5 Å². The zero-order valence-corrected chi connectivity index (χ0v) is 15.7. The molecule has 0 N–H and O–H groups in total. The molecule has 0 fully saturated rings. The maximum absolute atomic E-state index is 12.2. The van der Waals surface area contributed by atoms with Crippen LogP contribution in [0.2, 0.25) is 0 Å². The van der Waals surface area contributed by atoms with Crippen LogP contribution in [-0.4, -0.2) is 23.6 Å². The average molecular weight is 392 g/mol. The summed E-state index contributed by atoms with van der Waals surface area (Å²) in [6, 6.07) is 10.1. The van der Waals surface area contributed by atoms with Gasteiger partial charge in [-0.1, -0.05) is 18.2 Å². The Balaban J connectivity index is 1.61. The minimum Gasteiger partial charge on any atom is -0.454 e. The largest absolute Gasteiger partial charge is 0.454 e. The van der Waals surface area contributed by atoms with E-state index in [0.717, 1.165) is 11.1 Å². The number of esters is 1. The van der Waals surface area contributed by atoms with Gasteiger partial charge in [0.2, 0.25) is 12.7 Å². The van der Waals surface area contributed by atoms with Gasteiger partial charge in [-0.25, -0.2) is 9.79 Å². The van der Waals surface area contributed by atoms with Gasteiger partial charge in [-0.3, -0.25) is 10.1 Å². The van der Waals surface area contributed by atoms with Gasteiger partial charge in [-0.2, -0.15) is 0 Å². The van der Waals surface area contributed by atoms with Crippen molar-refractivity contribution in [3.05, 3.63) is 80.5 Å². The fourth-order valence-electron chi connectivity index (χ4n) is 2.99. The molecule has 0 saturated heterocycles. The van der Waals surface area contributed by atoms with E-state index in [1.54, 1.807) is 25.1 Å². The molecule has 0 unspecified atom stereocenters. The van der Waals surface area contributed by atoms with Gasteiger partial charge in [0.1, 0.15) is 0 Å². The third-order valence-electron chi connectivity index (χ3n) is 4.43. The molecule has 2 heterocycles. The van der Waals surface area contributed by atoms with Gasteiger partial charge < -0.3 is 14.2 Å². The number of cyclic esters (lactones) is 1. The van der Waals surface area contributed by atoms with Crippen molar-refractivity contribution >= 4 is 23.6 Å². The van der Waals surface area contributed by atoms with E-state index in [1.165, 1.54) is 6.07 Å². The lowest BCUT2D eigenvalue weighted by Crippen LogP contribution is -2.06. The van der Waals surface area contributed by atoms with E-state index in [9.17, 15) is 14.9 Å². The molecule has 146 valence electrons. The predicted molar refractivity (Wildman–Crippen MR) is 105 cm³/mol. The number of aryl methyl sites for hydroxylation is 1. The monoisotopic (exact) mass is 392 g/mol. The molecule has 8 heteroatoms. The van der Waals surface area contributed by atoms with Gasteiger partial charge in [0.05, 0.1) is 4.92 Å². The Morgan fingerprint density at radius 1 is 1.17 bits per heavy atom. The lowest BCUT2D eigenvalue weighted by molar-refractivity contribution is -0.385. The van der Waals surface area contributed by atoms with E-state index >= 15 is 0 Å². The topological polar surface area (TPSA) is 100 Å². The molecule has 2 aromatic rings. The molecule has 0 bridgehead atoms. The minimum absolute atomic E-state index is 0.0419. The van der Waals surface area contributed by atoms with Gasteiger partial charge in [-0.15, -0.1) is 0 Å². The Bertz CT molecular complexity index is 1130. The summed E-state index contributed by atoms with van der Waals surface area (Å²) in [6.07, 6.45) is 3.47. The lowest BCUT2D eigenvalue weighted by atomic mass is 10.1. The number of benzene rings is 2. The van der Waals surface area contributed by atoms with E-state index in [0.29, 0.717) is 22.6 Å². The van der Waals surface area contributed by atoms with Crippen LogP contribution in [-0.2, 0) is 9.53 Å². The Morgan fingerprint density at radius 2 is 1.97 bits per heavy atom. The standard InChI is InChI=1S/C21H16N2O6/c1-12(7-14-4-6-18-19(9-14)28-11-27-18)8-16-21(24)29-20(22-16)15-5-3-13(2)17(10-15)23(25)26/h3-10H,11H2,1-2H3/b12-7+,16-8-. The van der Waals surface area contributed by atoms with Crippen molar-refractivity contribution in [1.29, 1.82) is 0 Å². The number of carbonyl (C=O) groups excluding carboxylic acids is 1. The molecular formula is C21H16N2O6. The Kier molecular flexibility index (Phi) is 4.59. The first-order valence-electron chi connectivity index (χ1n) is 8.76. The summed E-state index contributed by atoms with van der Waals surface area (Å²) in [4.78, 5) is 27.0. The maximum Gasteiger partial charge on any atom is 0.363 e. The SMILES string of the molecule is CC(/C=C1\N=C(c2ccc(C)c([N+](=O)[O-])c2)OC1=O)=C\c1ccc2c(c1)OCO2. The Labute approximate surface area is 165 Å². The first-order valence-corrected chi connectivity index (χ1v) is 8.76. The maximum atomic E-state index is 12.2. The summed E-state index contributed by atoms with van der Waals surface area (Å²) in [5, 5.41) is 11.1. The Hall–Kier alpha value is -3.94. The van der Waals surface area contributed by atoms with Crippen LogP contribution in [0.1, 0.15) is 23.6 Å². The number of aliphatic imine (C=N–C) groups is 1. The average Bonchev–Trinajstić information content (AvgIpc) is 3.28. The molecule has 29 heavy (non-hydrogen) atoms. The van der Waals surface area contributed by atoms with Crippen molar-refractivity contribution in [2.45, 2.75) is 13.8 Å². The number of fused-ring (bicyclic) bond motifs is 1. The summed E-state index contributed by atoms with van der Waals surface area (Å²) in [7, 11) is 0. The third kappa shape index (κ3) is 3.73. The summed E-state index contributed by atoms with van der Waals surface area (Å²) >= 11 is 0. The molecule has 0 spiro atoms. The van der Waals surface area contributed by atoms with Crippen molar-refractivity contribution in [2.24, 2.45) is 4.99 Å². The first kappa shape index (κ1) is 18.4. The highest BCUT2D eigenvalue weighted by molar-refractivity contribution is 6.11. The van der Waals surface area contributed by atoms with Crippen LogP contribution in [0.15, 0.2) is 58.7 Å². The molecule has 0 atom stereocenters. The summed E-state index contributed by atoms with van der Waals surface area (Å²) < 4.78 is 15.8. The highest BCUT2D eigenvalue weighted by Crippen LogP contribution is 2.33. The number of nitrogens with zero attached hydrogens (tertiary/aromatic N) is 2. The summed E-state index contributed by atoms with van der Waals surface area (Å²) in [5.41, 5.74) is 2.61. The van der Waals surface area contributed by atoms with Crippen LogP contribution >= 0.6 is 0 Å². The number of rotatable bonds is 4. The molecule has 2 aliphatic heterocycles. The molecule has 0 aliphatic carbocycles. The molecule has 0 radical (unpaired) electrons. The summed E-state index contributed by atoms with van der Waals surface area (Å²) in [5.74, 6) is 0.793. The van der Waals surface area contributed by atoms with Crippen LogP contribution in [0, 0.1) is 17.0 Å². The van der Waals surface area contributed by atoms with Crippen LogP contribution in [0.5, 0.6) is 11.5 Å². The minimum atomic E-state index is -0.610. The number of hydrogen-bond donors (Lipinski definition) is 0. The molecule has 0 saturated carbocycles. The second-order valence-electron chi connectivity index (χ2n) is 6.60. The zero-order chi connectivity index (χ0) is 20.5. The molecule has 0 amide bonds. The number of nitro benzene ring substituents is 1. The normalized spacial score (nSPS) is 16.8. The van der Waals surface area contributed by atoms with E-state index in [2.05, 4.69) is 4.99 Å². The van der Waals surface area contributed by atoms with E-state index in [1.807, 2.05) is 31.2 Å². The fourth-order valence-corrected chi connectivity index (χ4v) is 2.99. The van der Waals surface area contributed by atoms with Crippen molar-refractivity contribution in [3.63, 3.8) is 0 Å². The van der Waals surface area contributed by atoms with Crippen LogP contribution in [0.25, 0.3) is 6.08 Å². The number of ether oxygens (including phenoxy) is 3. The van der Waals surface area contributed by atoms with Gasteiger partial charge in [0.25, 0.3) is 5.69 Å². The second-order valence-corrected chi connectivity index (χ2v) is 6.60. The smallest absolute Gasteiger partial charge is 0.363 e. The van der Waals surface area contributed by atoms with Crippen LogP contribution in [0.3, 0.4) is 0 Å². The van der Waals surface area contributed by atoms with Gasteiger partial charge in [0, 0.05) is 17.2 Å².